The number of unbranched alkanes of at least 4 members (excludes halogenated alkanes) is 1. The van der Waals surface area contributed by atoms with Gasteiger partial charge in [-0.25, -0.2) is 4.79 Å². The molecule has 0 aliphatic carbocycles. The molecule has 0 saturated heterocycles. The number of benzene rings is 2. The van der Waals surface area contributed by atoms with Crippen LogP contribution in [0.15, 0.2) is 54.6 Å². The van der Waals surface area contributed by atoms with Gasteiger partial charge in [0.1, 0.15) is 5.75 Å². The van der Waals surface area contributed by atoms with Gasteiger partial charge in [-0.05, 0) is 30.7 Å². The van der Waals surface area contributed by atoms with E-state index in [1.807, 2.05) is 13.0 Å². The lowest BCUT2D eigenvalue weighted by Gasteiger charge is -2.08. The molecule has 6 heteroatoms. The van der Waals surface area contributed by atoms with Crippen LogP contribution in [0, 0.1) is 0 Å². The average molecular weight is 369 g/mol. The molecule has 0 aromatic heterocycles. The Morgan fingerprint density at radius 3 is 2.22 bits per heavy atom. The van der Waals surface area contributed by atoms with Crippen LogP contribution in [0.3, 0.4) is 0 Å². The van der Waals surface area contributed by atoms with Crippen molar-refractivity contribution in [3.8, 4) is 5.75 Å². The molecule has 0 radical (unpaired) electrons. The van der Waals surface area contributed by atoms with Gasteiger partial charge in [0.05, 0.1) is 0 Å². The topological polar surface area (TPSA) is 81.7 Å². The fourth-order valence-electron chi connectivity index (χ4n) is 2.24. The first kappa shape index (κ1) is 20.2. The Bertz CT molecular complexity index is 756. The molecule has 1 amide bonds. The minimum absolute atomic E-state index is 0.0874. The Kier molecular flexibility index (Phi) is 8.03. The number of amides is 1. The van der Waals surface area contributed by atoms with Gasteiger partial charge in [0, 0.05) is 17.7 Å². The summed E-state index contributed by atoms with van der Waals surface area (Å²) >= 11 is 0. The molecule has 6 nitrogen and oxygen atoms in total. The molecular formula is C21H23NO5. The number of esters is 1. The lowest BCUT2D eigenvalue weighted by molar-refractivity contribution is -0.150. The highest BCUT2D eigenvalue weighted by Gasteiger charge is 2.10. The Labute approximate surface area is 158 Å². The van der Waals surface area contributed by atoms with E-state index in [1.165, 1.54) is 0 Å². The van der Waals surface area contributed by atoms with Gasteiger partial charge < -0.3 is 14.8 Å². The first-order valence-electron chi connectivity index (χ1n) is 8.85. The third kappa shape index (κ3) is 6.93. The number of rotatable bonds is 10. The second kappa shape index (κ2) is 10.8. The normalized spacial score (nSPS) is 10.1. The molecule has 2 aromatic carbocycles. The second-order valence-corrected chi connectivity index (χ2v) is 5.87. The van der Waals surface area contributed by atoms with E-state index >= 15 is 0 Å². The Morgan fingerprint density at radius 1 is 0.889 bits per heavy atom. The van der Waals surface area contributed by atoms with Crippen molar-refractivity contribution >= 4 is 17.7 Å². The third-order valence-electron chi connectivity index (χ3n) is 3.73. The molecule has 0 saturated carbocycles. The van der Waals surface area contributed by atoms with Gasteiger partial charge in [0.2, 0.25) is 0 Å². The summed E-state index contributed by atoms with van der Waals surface area (Å²) in [4.78, 5) is 35.4. The number of carbonyl (C=O) groups is 3. The van der Waals surface area contributed by atoms with Crippen molar-refractivity contribution in [1.29, 1.82) is 0 Å². The van der Waals surface area contributed by atoms with Crippen LogP contribution in [0.4, 0.5) is 0 Å². The summed E-state index contributed by atoms with van der Waals surface area (Å²) in [5, 5.41) is 2.65. The lowest BCUT2D eigenvalue weighted by atomic mass is 10.0. The number of ether oxygens (including phenoxy) is 2. The van der Waals surface area contributed by atoms with E-state index in [0.29, 0.717) is 23.4 Å². The van der Waals surface area contributed by atoms with Crippen LogP contribution in [0.2, 0.25) is 0 Å². The molecule has 27 heavy (non-hydrogen) atoms. The van der Waals surface area contributed by atoms with E-state index in [4.69, 9.17) is 9.47 Å². The maximum atomic E-state index is 12.3. The first-order valence-corrected chi connectivity index (χ1v) is 8.85. The van der Waals surface area contributed by atoms with E-state index in [9.17, 15) is 14.4 Å². The monoisotopic (exact) mass is 369 g/mol. The average Bonchev–Trinajstić information content (AvgIpc) is 2.71. The number of hydrogen-bond donors (Lipinski definition) is 1. The van der Waals surface area contributed by atoms with Crippen molar-refractivity contribution in [1.82, 2.24) is 5.32 Å². The maximum absolute atomic E-state index is 12.3. The number of nitrogens with one attached hydrogen (secondary N) is 1. The number of ketones is 1. The zero-order valence-corrected chi connectivity index (χ0v) is 15.3. The van der Waals surface area contributed by atoms with Crippen LogP contribution in [0.25, 0.3) is 0 Å². The standard InChI is InChI=1S/C21H23NO5/c1-2-3-13-22-19(23)14-27-20(24)15-26-18-11-9-17(10-12-18)21(25)16-7-5-4-6-8-16/h4-12H,2-3,13-15H2,1H3,(H,22,23). The van der Waals surface area contributed by atoms with Gasteiger partial charge in [0.15, 0.2) is 19.0 Å². The molecular weight excluding hydrogens is 346 g/mol. The fraction of sp³-hybridized carbons (Fsp3) is 0.286. The number of carbonyl (C=O) groups excluding carboxylic acids is 3. The van der Waals surface area contributed by atoms with Crippen molar-refractivity contribution in [2.75, 3.05) is 19.8 Å². The summed E-state index contributed by atoms with van der Waals surface area (Å²) in [6.45, 7) is 1.95. The summed E-state index contributed by atoms with van der Waals surface area (Å²) < 4.78 is 10.2. The summed E-state index contributed by atoms with van der Waals surface area (Å²) in [5.74, 6) is -0.620. The van der Waals surface area contributed by atoms with Crippen molar-refractivity contribution in [3.63, 3.8) is 0 Å². The van der Waals surface area contributed by atoms with Gasteiger partial charge in [0.25, 0.3) is 5.91 Å². The fourth-order valence-corrected chi connectivity index (χ4v) is 2.24. The molecule has 0 spiro atoms. The molecule has 2 aromatic rings. The van der Waals surface area contributed by atoms with Crippen molar-refractivity contribution < 1.29 is 23.9 Å². The summed E-state index contributed by atoms with van der Waals surface area (Å²) in [7, 11) is 0. The highest BCUT2D eigenvalue weighted by atomic mass is 16.6. The SMILES string of the molecule is CCCCNC(=O)COC(=O)COc1ccc(C(=O)c2ccccc2)cc1. The smallest absolute Gasteiger partial charge is 0.344 e. The maximum Gasteiger partial charge on any atom is 0.344 e. The Morgan fingerprint density at radius 2 is 1.56 bits per heavy atom. The molecule has 0 aliphatic rings. The molecule has 142 valence electrons. The van der Waals surface area contributed by atoms with Crippen LogP contribution in [-0.4, -0.2) is 37.4 Å². The quantitative estimate of drug-likeness (QED) is 0.396. The first-order chi connectivity index (χ1) is 13.1. The van der Waals surface area contributed by atoms with Crippen LogP contribution in [0.1, 0.15) is 35.7 Å². The second-order valence-electron chi connectivity index (χ2n) is 5.87. The summed E-state index contributed by atoms with van der Waals surface area (Å²) in [6, 6.07) is 15.5. The minimum atomic E-state index is -0.634. The van der Waals surface area contributed by atoms with E-state index in [1.54, 1.807) is 48.5 Å². The molecule has 1 N–H and O–H groups in total. The largest absolute Gasteiger partial charge is 0.482 e. The number of hydrogen-bond acceptors (Lipinski definition) is 5. The Balaban J connectivity index is 1.75. The highest BCUT2D eigenvalue weighted by molar-refractivity contribution is 6.08. The molecule has 0 bridgehead atoms. The highest BCUT2D eigenvalue weighted by Crippen LogP contribution is 2.15. The van der Waals surface area contributed by atoms with Crippen LogP contribution < -0.4 is 10.1 Å². The van der Waals surface area contributed by atoms with Crippen molar-refractivity contribution in [2.45, 2.75) is 19.8 Å². The van der Waals surface area contributed by atoms with Crippen molar-refractivity contribution in [2.24, 2.45) is 0 Å². The summed E-state index contributed by atoms with van der Waals surface area (Å²) in [6.07, 6.45) is 1.86. The van der Waals surface area contributed by atoms with E-state index in [-0.39, 0.29) is 24.9 Å². The van der Waals surface area contributed by atoms with Gasteiger partial charge >= 0.3 is 5.97 Å². The van der Waals surface area contributed by atoms with Gasteiger partial charge in [-0.3, -0.25) is 9.59 Å². The summed E-state index contributed by atoms with van der Waals surface area (Å²) in [5.41, 5.74) is 1.13. The van der Waals surface area contributed by atoms with E-state index in [2.05, 4.69) is 5.32 Å². The zero-order valence-electron chi connectivity index (χ0n) is 15.3. The molecule has 2 rings (SSSR count). The zero-order chi connectivity index (χ0) is 19.5. The van der Waals surface area contributed by atoms with E-state index in [0.717, 1.165) is 12.8 Å². The third-order valence-corrected chi connectivity index (χ3v) is 3.73. The van der Waals surface area contributed by atoms with Gasteiger partial charge in [-0.15, -0.1) is 0 Å². The van der Waals surface area contributed by atoms with Crippen LogP contribution in [-0.2, 0) is 14.3 Å². The van der Waals surface area contributed by atoms with Gasteiger partial charge in [-0.2, -0.15) is 0 Å². The predicted molar refractivity (Wildman–Crippen MR) is 101 cm³/mol. The van der Waals surface area contributed by atoms with Gasteiger partial charge in [-0.1, -0.05) is 43.7 Å². The molecule has 0 atom stereocenters. The molecule has 0 aliphatic heterocycles. The predicted octanol–water partition coefficient (Wildman–Crippen LogP) is 2.76. The lowest BCUT2D eigenvalue weighted by Crippen LogP contribution is -2.30. The minimum Gasteiger partial charge on any atom is -0.482 e. The molecule has 0 heterocycles. The molecule has 0 fully saturated rings. The molecule has 0 unspecified atom stereocenters. The van der Waals surface area contributed by atoms with Crippen molar-refractivity contribution in [3.05, 3.63) is 65.7 Å². The van der Waals surface area contributed by atoms with Crippen LogP contribution in [0.5, 0.6) is 5.75 Å². The van der Waals surface area contributed by atoms with Crippen LogP contribution >= 0.6 is 0 Å². The van der Waals surface area contributed by atoms with E-state index < -0.39 is 5.97 Å². The Hall–Kier alpha value is -3.15.